The molecule has 77 heavy (non-hydrogen) atoms. The number of amides is 2. The van der Waals surface area contributed by atoms with Crippen molar-refractivity contribution < 1.29 is 83.0 Å². The van der Waals surface area contributed by atoms with Crippen LogP contribution in [0.3, 0.4) is 0 Å². The highest BCUT2D eigenvalue weighted by atomic mass is 35.5. The van der Waals surface area contributed by atoms with Crippen molar-refractivity contribution in [1.82, 2.24) is 30.6 Å². The zero-order valence-corrected chi connectivity index (χ0v) is 43.7. The van der Waals surface area contributed by atoms with Crippen LogP contribution in [0, 0.1) is 23.3 Å². The number of hydrogen-bond donors (Lipinski definition) is 1. The van der Waals surface area contributed by atoms with Crippen LogP contribution in [0.4, 0.5) is 46.5 Å². The number of sulfone groups is 2. The number of halogens is 10. The van der Waals surface area contributed by atoms with Crippen LogP contribution < -0.4 is 15.1 Å². The number of carbonyl (C=O) groups excluding carboxylic acids is 2. The van der Waals surface area contributed by atoms with Gasteiger partial charge in [-0.05, 0) is 60.7 Å². The smallest absolute Gasteiger partial charge is 0.314 e. The molecule has 416 valence electrons. The van der Waals surface area contributed by atoms with Crippen LogP contribution in [0.5, 0.6) is 0 Å². The molecule has 0 atom stereocenters. The van der Waals surface area contributed by atoms with E-state index in [0.29, 0.717) is 24.6 Å². The molecule has 0 bridgehead atoms. The molecule has 2 aliphatic heterocycles. The summed E-state index contributed by atoms with van der Waals surface area (Å²) in [5.41, 5.74) is 0.331. The number of aromatic nitrogens is 4. The maximum Gasteiger partial charge on any atom is 0.314 e. The topological polar surface area (TPSA) is 245 Å². The van der Waals surface area contributed by atoms with E-state index >= 15 is 0 Å². The van der Waals surface area contributed by atoms with E-state index in [1.165, 1.54) is 47.4 Å². The highest BCUT2D eigenvalue weighted by Gasteiger charge is 2.28. The molecule has 2 fully saturated rings. The molecule has 4 heterocycles. The molecule has 2 saturated heterocycles. The van der Waals surface area contributed by atoms with Crippen LogP contribution in [0.1, 0.15) is 35.8 Å². The quantitative estimate of drug-likeness (QED) is 0.0804. The van der Waals surface area contributed by atoms with E-state index in [4.69, 9.17) is 32.0 Å². The van der Waals surface area contributed by atoms with Crippen molar-refractivity contribution in [2.45, 2.75) is 25.9 Å². The SMILES string of the molecule is CS(=O)(=O)OCC(=O)N(Cc1ccc(-c2nnc(C(F)F)o2)cc1F)c1ccc(F)c(Cl)c1.O=C(CN1CCS(=O)(=O)CC1)N(Cc1ccc(-c2nnc(C(F)F)o2)cc1F)c1ccc(F)c(Cl)c1.O=S1(=O)CCNCC1. The number of anilines is 2. The van der Waals surface area contributed by atoms with E-state index in [9.17, 15) is 70.0 Å². The maximum atomic E-state index is 15.0. The highest BCUT2D eigenvalue weighted by molar-refractivity contribution is 7.91. The molecule has 0 unspecified atom stereocenters. The van der Waals surface area contributed by atoms with Gasteiger partial charge < -0.3 is 24.0 Å². The first-order valence-corrected chi connectivity index (χ1v) is 28.4. The Balaban J connectivity index is 0.000000218. The van der Waals surface area contributed by atoms with E-state index in [1.807, 2.05) is 0 Å². The van der Waals surface area contributed by atoms with Crippen LogP contribution in [0.2, 0.25) is 10.0 Å². The Bertz CT molecular complexity index is 3410. The lowest BCUT2D eigenvalue weighted by Gasteiger charge is -2.30. The number of hydrogen-bond acceptors (Lipinski definition) is 17. The minimum absolute atomic E-state index is 0.0127. The lowest BCUT2D eigenvalue weighted by Crippen LogP contribution is -2.46. The van der Waals surface area contributed by atoms with Gasteiger partial charge in [-0.1, -0.05) is 35.3 Å². The van der Waals surface area contributed by atoms with Crippen LogP contribution in [0.25, 0.3) is 22.9 Å². The number of nitrogens with zero attached hydrogens (tertiary/aromatic N) is 7. The fourth-order valence-electron chi connectivity index (χ4n) is 6.89. The first-order valence-electron chi connectivity index (χ1n) is 22.2. The van der Waals surface area contributed by atoms with Gasteiger partial charge in [0.25, 0.3) is 27.8 Å². The van der Waals surface area contributed by atoms with Crippen molar-refractivity contribution in [3.05, 3.63) is 129 Å². The second-order valence-corrected chi connectivity index (χ2v) is 23.6. The van der Waals surface area contributed by atoms with Gasteiger partial charge in [0.15, 0.2) is 19.7 Å². The molecule has 6 aromatic rings. The van der Waals surface area contributed by atoms with Gasteiger partial charge in [0.05, 0.1) is 58.9 Å². The largest absolute Gasteiger partial charge is 0.415 e. The fraction of sp³-hybridized carbons (Fsp3) is 0.333. The van der Waals surface area contributed by atoms with E-state index < -0.39 is 103 Å². The normalized spacial score (nSPS) is 15.3. The van der Waals surface area contributed by atoms with Gasteiger partial charge in [0.1, 0.15) is 29.9 Å². The summed E-state index contributed by atoms with van der Waals surface area (Å²) in [6, 6.07) is 14.1. The van der Waals surface area contributed by atoms with Crippen molar-refractivity contribution in [1.29, 1.82) is 0 Å². The molecule has 1 N–H and O–H groups in total. The van der Waals surface area contributed by atoms with E-state index in [0.717, 1.165) is 41.5 Å². The summed E-state index contributed by atoms with van der Waals surface area (Å²) >= 11 is 11.7. The number of carbonyl (C=O) groups is 2. The van der Waals surface area contributed by atoms with E-state index in [1.54, 1.807) is 4.90 Å². The molecule has 0 radical (unpaired) electrons. The molecular weight excluding hydrogens is 1150 g/mol. The van der Waals surface area contributed by atoms with Crippen LogP contribution in [-0.4, -0.2) is 131 Å². The van der Waals surface area contributed by atoms with Crippen molar-refractivity contribution in [2.24, 2.45) is 0 Å². The van der Waals surface area contributed by atoms with Crippen molar-refractivity contribution >= 4 is 76.2 Å². The fourth-order valence-corrected chi connectivity index (χ4v) is 9.95. The molecule has 0 aliphatic carbocycles. The first-order chi connectivity index (χ1) is 36.2. The van der Waals surface area contributed by atoms with Crippen LogP contribution in [-0.2, 0) is 56.7 Å². The molecule has 2 aliphatic rings. The van der Waals surface area contributed by atoms with Gasteiger partial charge in [-0.2, -0.15) is 26.0 Å². The van der Waals surface area contributed by atoms with Gasteiger partial charge in [-0.15, -0.1) is 20.4 Å². The third kappa shape index (κ3) is 17.4. The van der Waals surface area contributed by atoms with Crippen LogP contribution in [0.15, 0.2) is 81.6 Å². The predicted octanol–water partition coefficient (Wildman–Crippen LogP) is 6.99. The number of benzene rings is 4. The number of nitrogens with one attached hydrogen (secondary N) is 1. The first kappa shape index (κ1) is 60.1. The molecule has 2 amide bonds. The molecule has 32 heteroatoms. The Kier molecular flexibility index (Phi) is 20.3. The average molecular weight is 1190 g/mol. The summed E-state index contributed by atoms with van der Waals surface area (Å²) in [4.78, 5) is 29.6. The summed E-state index contributed by atoms with van der Waals surface area (Å²) in [5, 5.41) is 15.7. The zero-order valence-electron chi connectivity index (χ0n) is 39.7. The van der Waals surface area contributed by atoms with E-state index in [2.05, 4.69) is 29.9 Å². The molecule has 8 rings (SSSR count). The average Bonchev–Trinajstić information content (AvgIpc) is 4.08. The molecular formula is C45H42Cl2F8N8O11S3. The molecule has 19 nitrogen and oxygen atoms in total. The summed E-state index contributed by atoms with van der Waals surface area (Å²) in [6.07, 6.45) is -5.22. The Morgan fingerprint density at radius 1 is 0.649 bits per heavy atom. The van der Waals surface area contributed by atoms with Gasteiger partial charge in [0, 0.05) is 59.8 Å². The predicted molar refractivity (Wildman–Crippen MR) is 262 cm³/mol. The second kappa shape index (κ2) is 26.0. The monoisotopic (exact) mass is 1190 g/mol. The minimum atomic E-state index is -3.96. The highest BCUT2D eigenvalue weighted by Crippen LogP contribution is 2.31. The van der Waals surface area contributed by atoms with Gasteiger partial charge in [0.2, 0.25) is 17.7 Å². The Labute approximate surface area is 444 Å². The number of rotatable bonds is 15. The lowest BCUT2D eigenvalue weighted by atomic mass is 10.1. The molecule has 0 spiro atoms. The van der Waals surface area contributed by atoms with Gasteiger partial charge in [-0.25, -0.2) is 34.4 Å². The molecule has 2 aromatic heterocycles. The molecule has 4 aromatic carbocycles. The summed E-state index contributed by atoms with van der Waals surface area (Å²) in [7, 11) is -9.75. The Morgan fingerprint density at radius 2 is 1.08 bits per heavy atom. The summed E-state index contributed by atoms with van der Waals surface area (Å²) < 4.78 is 189. The van der Waals surface area contributed by atoms with Crippen LogP contribution >= 0.6 is 23.2 Å². The zero-order chi connectivity index (χ0) is 56.4. The van der Waals surface area contributed by atoms with Gasteiger partial charge >= 0.3 is 12.9 Å². The Morgan fingerprint density at radius 3 is 1.44 bits per heavy atom. The third-order valence-corrected chi connectivity index (χ3v) is 15.3. The third-order valence-electron chi connectivity index (χ3n) is 10.9. The Hall–Kier alpha value is -6.15. The van der Waals surface area contributed by atoms with Crippen molar-refractivity contribution in [3.63, 3.8) is 0 Å². The lowest BCUT2D eigenvalue weighted by molar-refractivity contribution is -0.121. The second-order valence-electron chi connectivity index (χ2n) is 16.6. The summed E-state index contributed by atoms with van der Waals surface area (Å²) in [6.45, 7) is -0.156. The maximum absolute atomic E-state index is 15.0. The van der Waals surface area contributed by atoms with E-state index in [-0.39, 0.29) is 93.1 Å². The minimum Gasteiger partial charge on any atom is -0.415 e. The standard InChI is InChI=1S/C22H19ClF4N4O4S.C19H14ClF4N3O5S.C4H9NO2S/c23-16-10-15(3-4-17(16)24)31(19(32)12-30-5-7-36(33,34)8-6-30)11-14-2-1-13(9-18(14)25)21-28-29-22(35-21)20(26)27;1-33(29,30)31-9-16(28)27(12-4-5-14(21)13(20)7-12)8-11-3-2-10(6-15(11)22)18-25-26-19(32-18)17(23)24;6-8(7)3-1-5-2-4-8/h1-4,9-10,20H,5-8,11-12H2;2-7,17H,8-9H2,1H3;5H,1-4H2. The molecule has 0 saturated carbocycles. The van der Waals surface area contributed by atoms with Crippen molar-refractivity contribution in [3.8, 4) is 22.9 Å². The van der Waals surface area contributed by atoms with Crippen molar-refractivity contribution in [2.75, 3.05) is 78.4 Å². The number of alkyl halides is 4. The van der Waals surface area contributed by atoms with Gasteiger partial charge in [-0.3, -0.25) is 18.7 Å². The summed E-state index contributed by atoms with van der Waals surface area (Å²) in [5.74, 6) is -6.48.